The summed E-state index contributed by atoms with van der Waals surface area (Å²) in [4.78, 5) is 4.54. The molecule has 2 heterocycles. The van der Waals surface area contributed by atoms with Gasteiger partial charge in [0.1, 0.15) is 11.9 Å². The van der Waals surface area contributed by atoms with E-state index in [9.17, 15) is 0 Å². The zero-order valence-electron chi connectivity index (χ0n) is 17.0. The van der Waals surface area contributed by atoms with Gasteiger partial charge in [-0.3, -0.25) is 4.98 Å². The van der Waals surface area contributed by atoms with Gasteiger partial charge >= 0.3 is 0 Å². The number of aromatic nitrogens is 1. The molecular weight excluding hydrogens is 370 g/mol. The Kier molecular flexibility index (Phi) is 8.01. The molecule has 1 saturated heterocycles. The Morgan fingerprint density at radius 2 is 2.04 bits per heavy atom. The molecule has 0 spiro atoms. The number of hydrogen-bond acceptors (Lipinski definition) is 6. The highest BCUT2D eigenvalue weighted by Gasteiger charge is 2.27. The van der Waals surface area contributed by atoms with E-state index in [2.05, 4.69) is 52.1 Å². The Morgan fingerprint density at radius 1 is 1.18 bits per heavy atom. The SMILES string of the molecule is CCC(OC)C(CC)Oc1cccc(NSN2CCCC2c2ccccn2)c1. The molecule has 1 aromatic carbocycles. The third-order valence-corrected chi connectivity index (χ3v) is 6.16. The zero-order valence-corrected chi connectivity index (χ0v) is 17.8. The summed E-state index contributed by atoms with van der Waals surface area (Å²) in [5, 5.41) is 0. The van der Waals surface area contributed by atoms with Crippen LogP contribution >= 0.6 is 12.1 Å². The van der Waals surface area contributed by atoms with Crippen LogP contribution in [0.4, 0.5) is 5.69 Å². The van der Waals surface area contributed by atoms with Gasteiger partial charge < -0.3 is 14.2 Å². The average molecular weight is 402 g/mol. The summed E-state index contributed by atoms with van der Waals surface area (Å²) in [6.45, 7) is 5.32. The average Bonchev–Trinajstić information content (AvgIpc) is 3.22. The lowest BCUT2D eigenvalue weighted by molar-refractivity contribution is -0.00149. The van der Waals surface area contributed by atoms with Crippen molar-refractivity contribution in [2.45, 2.75) is 57.8 Å². The second-order valence-electron chi connectivity index (χ2n) is 7.02. The van der Waals surface area contributed by atoms with Crippen LogP contribution in [0.15, 0.2) is 48.7 Å². The lowest BCUT2D eigenvalue weighted by atomic mass is 10.1. The van der Waals surface area contributed by atoms with Crippen molar-refractivity contribution in [1.29, 1.82) is 0 Å². The van der Waals surface area contributed by atoms with Gasteiger partial charge in [-0.25, -0.2) is 4.31 Å². The van der Waals surface area contributed by atoms with E-state index in [-0.39, 0.29) is 12.2 Å². The second kappa shape index (κ2) is 10.7. The first-order valence-corrected chi connectivity index (χ1v) is 10.9. The minimum absolute atomic E-state index is 0.0602. The van der Waals surface area contributed by atoms with Crippen LogP contribution in [0.5, 0.6) is 5.75 Å². The first-order chi connectivity index (χ1) is 13.7. The van der Waals surface area contributed by atoms with Gasteiger partial charge in [0.25, 0.3) is 0 Å². The predicted octanol–water partition coefficient (Wildman–Crippen LogP) is 5.48. The largest absolute Gasteiger partial charge is 0.488 e. The van der Waals surface area contributed by atoms with Crippen LogP contribution in [0, 0.1) is 0 Å². The Balaban J connectivity index is 1.60. The van der Waals surface area contributed by atoms with Gasteiger partial charge in [-0.1, -0.05) is 26.0 Å². The van der Waals surface area contributed by atoms with Gasteiger partial charge in [0.05, 0.1) is 17.8 Å². The van der Waals surface area contributed by atoms with Gasteiger partial charge in [0, 0.05) is 43.7 Å². The van der Waals surface area contributed by atoms with Crippen molar-refractivity contribution < 1.29 is 9.47 Å². The van der Waals surface area contributed by atoms with Crippen LogP contribution in [0.2, 0.25) is 0 Å². The highest BCUT2D eigenvalue weighted by molar-refractivity contribution is 7.98. The van der Waals surface area contributed by atoms with E-state index < -0.39 is 0 Å². The summed E-state index contributed by atoms with van der Waals surface area (Å²) in [5.74, 6) is 0.871. The fourth-order valence-electron chi connectivity index (χ4n) is 3.64. The van der Waals surface area contributed by atoms with Gasteiger partial charge in [0.15, 0.2) is 0 Å². The van der Waals surface area contributed by atoms with Gasteiger partial charge in [-0.15, -0.1) is 0 Å². The van der Waals surface area contributed by atoms with E-state index in [1.165, 1.54) is 6.42 Å². The maximum absolute atomic E-state index is 6.21. The fourth-order valence-corrected chi connectivity index (χ4v) is 4.55. The van der Waals surface area contributed by atoms with Crippen LogP contribution in [0.3, 0.4) is 0 Å². The van der Waals surface area contributed by atoms with E-state index in [1.807, 2.05) is 24.4 Å². The minimum atomic E-state index is 0.0602. The molecule has 0 radical (unpaired) electrons. The summed E-state index contributed by atoms with van der Waals surface area (Å²) in [6, 6.07) is 14.7. The molecule has 0 saturated carbocycles. The van der Waals surface area contributed by atoms with Crippen LogP contribution in [-0.4, -0.2) is 35.2 Å². The number of benzene rings is 1. The fraction of sp³-hybridized carbons (Fsp3) is 0.500. The standard InChI is InChI=1S/C22H31N3O2S/c1-4-21(26-3)22(5-2)27-18-11-8-10-17(16-18)24-28-25-15-9-13-20(25)19-12-6-7-14-23-19/h6-8,10-12,14,16,20-22,24H,4-5,9,13,15H2,1-3H3. The first-order valence-electron chi connectivity index (χ1n) is 10.1. The smallest absolute Gasteiger partial charge is 0.124 e. The van der Waals surface area contributed by atoms with E-state index in [1.54, 1.807) is 19.2 Å². The molecule has 0 aliphatic carbocycles. The number of nitrogens with zero attached hydrogens (tertiary/aromatic N) is 2. The van der Waals surface area contributed by atoms with Crippen LogP contribution in [0.25, 0.3) is 0 Å². The topological polar surface area (TPSA) is 46.6 Å². The highest BCUT2D eigenvalue weighted by atomic mass is 32.2. The lowest BCUT2D eigenvalue weighted by Gasteiger charge is -2.25. The van der Waals surface area contributed by atoms with Crippen molar-refractivity contribution in [3.05, 3.63) is 54.4 Å². The van der Waals surface area contributed by atoms with Crippen LogP contribution in [-0.2, 0) is 4.74 Å². The third kappa shape index (κ3) is 5.40. The van der Waals surface area contributed by atoms with Crippen molar-refractivity contribution in [1.82, 2.24) is 9.29 Å². The molecule has 1 aromatic heterocycles. The molecule has 28 heavy (non-hydrogen) atoms. The normalized spacial score (nSPS) is 19.3. The molecule has 2 aromatic rings. The monoisotopic (exact) mass is 401 g/mol. The highest BCUT2D eigenvalue weighted by Crippen LogP contribution is 2.36. The Hall–Kier alpha value is -1.76. The number of methoxy groups -OCH3 is 1. The van der Waals surface area contributed by atoms with E-state index in [0.717, 1.165) is 42.9 Å². The van der Waals surface area contributed by atoms with E-state index >= 15 is 0 Å². The number of nitrogens with one attached hydrogen (secondary N) is 1. The molecule has 5 nitrogen and oxygen atoms in total. The molecule has 152 valence electrons. The molecule has 0 bridgehead atoms. The van der Waals surface area contributed by atoms with Crippen molar-refractivity contribution in [3.8, 4) is 5.75 Å². The molecule has 0 amide bonds. The van der Waals surface area contributed by atoms with E-state index in [0.29, 0.717) is 6.04 Å². The van der Waals surface area contributed by atoms with Crippen molar-refractivity contribution >= 4 is 17.8 Å². The number of ether oxygens (including phenoxy) is 2. The summed E-state index contributed by atoms with van der Waals surface area (Å²) in [6.07, 6.45) is 6.23. The minimum Gasteiger partial charge on any atom is -0.488 e. The third-order valence-electron chi connectivity index (χ3n) is 5.16. The molecule has 1 aliphatic heterocycles. The molecule has 3 unspecified atom stereocenters. The Labute approximate surface area is 173 Å². The molecule has 6 heteroatoms. The number of rotatable bonds is 10. The van der Waals surface area contributed by atoms with Crippen LogP contribution in [0.1, 0.15) is 51.3 Å². The summed E-state index contributed by atoms with van der Waals surface area (Å²) >= 11 is 1.65. The molecule has 1 aliphatic rings. The molecule has 1 N–H and O–H groups in total. The second-order valence-corrected chi connectivity index (χ2v) is 7.88. The predicted molar refractivity (Wildman–Crippen MR) is 116 cm³/mol. The first kappa shape index (κ1) is 21.0. The quantitative estimate of drug-likeness (QED) is 0.532. The zero-order chi connectivity index (χ0) is 19.8. The van der Waals surface area contributed by atoms with Crippen molar-refractivity contribution in [3.63, 3.8) is 0 Å². The number of anilines is 1. The van der Waals surface area contributed by atoms with Crippen molar-refractivity contribution in [2.24, 2.45) is 0 Å². The lowest BCUT2D eigenvalue weighted by Crippen LogP contribution is -2.32. The molecule has 3 rings (SSSR count). The number of hydrogen-bond donors (Lipinski definition) is 1. The van der Waals surface area contributed by atoms with Crippen LogP contribution < -0.4 is 9.46 Å². The summed E-state index contributed by atoms with van der Waals surface area (Å²) < 4.78 is 17.6. The van der Waals surface area contributed by atoms with E-state index in [4.69, 9.17) is 9.47 Å². The maximum atomic E-state index is 6.21. The Bertz CT molecular complexity index is 712. The summed E-state index contributed by atoms with van der Waals surface area (Å²) in [7, 11) is 1.75. The number of pyridine rings is 1. The van der Waals surface area contributed by atoms with Gasteiger partial charge in [-0.2, -0.15) is 0 Å². The molecule has 3 atom stereocenters. The molecule has 1 fully saturated rings. The summed E-state index contributed by atoms with van der Waals surface area (Å²) in [5.41, 5.74) is 2.18. The molecular formula is C22H31N3O2S. The van der Waals surface area contributed by atoms with Gasteiger partial charge in [-0.05, 0) is 49.9 Å². The van der Waals surface area contributed by atoms with Crippen molar-refractivity contribution in [2.75, 3.05) is 18.4 Å². The van der Waals surface area contributed by atoms with Gasteiger partial charge in [0.2, 0.25) is 0 Å². The Morgan fingerprint density at radius 3 is 2.75 bits per heavy atom. The maximum Gasteiger partial charge on any atom is 0.124 e.